The van der Waals surface area contributed by atoms with Gasteiger partial charge in [-0.05, 0) is 44.7 Å². The Labute approximate surface area is 151 Å². The second-order valence-electron chi connectivity index (χ2n) is 7.15. The number of nitrogens with zero attached hydrogens (tertiary/aromatic N) is 1. The summed E-state index contributed by atoms with van der Waals surface area (Å²) in [5.41, 5.74) is 0.885. The van der Waals surface area contributed by atoms with Gasteiger partial charge in [-0.1, -0.05) is 43.7 Å². The van der Waals surface area contributed by atoms with E-state index in [-0.39, 0.29) is 18.1 Å². The predicted molar refractivity (Wildman–Crippen MR) is 102 cm³/mol. The highest BCUT2D eigenvalue weighted by Gasteiger charge is 2.21. The number of piperidine rings is 1. The normalized spacial score (nSPS) is 18.5. The van der Waals surface area contributed by atoms with Crippen molar-refractivity contribution < 1.29 is 9.90 Å². The number of aliphatic hydroxyl groups excluding tert-OH is 1. The summed E-state index contributed by atoms with van der Waals surface area (Å²) in [6.07, 6.45) is 4.45. The summed E-state index contributed by atoms with van der Waals surface area (Å²) in [7, 11) is 0. The second kappa shape index (κ2) is 10.4. The molecular weight excluding hydrogens is 314 g/mol. The molecule has 0 spiro atoms. The summed E-state index contributed by atoms with van der Waals surface area (Å²) < 4.78 is 0. The number of hydrogen-bond acceptors (Lipinski definition) is 3. The zero-order valence-electron chi connectivity index (χ0n) is 15.6. The molecule has 1 heterocycles. The number of aliphatic hydroxyl groups is 1. The molecule has 0 aromatic heterocycles. The Morgan fingerprint density at radius 3 is 2.60 bits per heavy atom. The minimum Gasteiger partial charge on any atom is -0.388 e. The standard InChI is InChI=1S/C20H33N3O2/c1-3-4-12-23-13-10-18(11-14-23)22-20(25)21-16(2)15-19(24)17-8-6-5-7-9-17/h5-9,16,18-19,24H,3-4,10-15H2,1-2H3,(H2,21,22,25). The molecule has 2 rings (SSSR count). The molecule has 5 heteroatoms. The van der Waals surface area contributed by atoms with E-state index in [9.17, 15) is 9.90 Å². The van der Waals surface area contributed by atoms with Crippen molar-refractivity contribution in [2.24, 2.45) is 0 Å². The van der Waals surface area contributed by atoms with Gasteiger partial charge in [-0.15, -0.1) is 0 Å². The van der Waals surface area contributed by atoms with Crippen LogP contribution in [0.2, 0.25) is 0 Å². The van der Waals surface area contributed by atoms with E-state index in [1.807, 2.05) is 37.3 Å². The molecule has 1 aromatic carbocycles. The van der Waals surface area contributed by atoms with Gasteiger partial charge in [-0.2, -0.15) is 0 Å². The molecule has 25 heavy (non-hydrogen) atoms. The Morgan fingerprint density at radius 1 is 1.28 bits per heavy atom. The number of nitrogens with one attached hydrogen (secondary N) is 2. The van der Waals surface area contributed by atoms with Gasteiger partial charge < -0.3 is 20.6 Å². The van der Waals surface area contributed by atoms with Crippen molar-refractivity contribution in [2.75, 3.05) is 19.6 Å². The maximum absolute atomic E-state index is 12.2. The molecule has 0 saturated carbocycles. The number of urea groups is 1. The smallest absolute Gasteiger partial charge is 0.315 e. The molecule has 0 aliphatic carbocycles. The lowest BCUT2D eigenvalue weighted by molar-refractivity contribution is 0.153. The van der Waals surface area contributed by atoms with Gasteiger partial charge in [0.15, 0.2) is 0 Å². The van der Waals surface area contributed by atoms with Gasteiger partial charge in [-0.25, -0.2) is 4.79 Å². The molecule has 3 N–H and O–H groups in total. The van der Waals surface area contributed by atoms with Gasteiger partial charge in [0.05, 0.1) is 6.10 Å². The van der Waals surface area contributed by atoms with Crippen molar-refractivity contribution in [3.05, 3.63) is 35.9 Å². The third-order valence-corrected chi connectivity index (χ3v) is 4.89. The first-order chi connectivity index (χ1) is 12.1. The highest BCUT2D eigenvalue weighted by atomic mass is 16.3. The largest absolute Gasteiger partial charge is 0.388 e. The summed E-state index contributed by atoms with van der Waals surface area (Å²) in [6, 6.07) is 9.61. The number of benzene rings is 1. The van der Waals surface area contributed by atoms with E-state index < -0.39 is 6.10 Å². The van der Waals surface area contributed by atoms with Crippen LogP contribution in [0.1, 0.15) is 57.6 Å². The van der Waals surface area contributed by atoms with E-state index in [0.717, 1.165) is 31.5 Å². The maximum Gasteiger partial charge on any atom is 0.315 e. The fourth-order valence-electron chi connectivity index (χ4n) is 3.34. The third-order valence-electron chi connectivity index (χ3n) is 4.89. The minimum atomic E-state index is -0.557. The van der Waals surface area contributed by atoms with Gasteiger partial charge in [0.1, 0.15) is 0 Å². The van der Waals surface area contributed by atoms with Gasteiger partial charge >= 0.3 is 6.03 Å². The van der Waals surface area contributed by atoms with Crippen LogP contribution in [0.3, 0.4) is 0 Å². The van der Waals surface area contributed by atoms with Crippen LogP contribution in [0, 0.1) is 0 Å². The van der Waals surface area contributed by atoms with E-state index >= 15 is 0 Å². The minimum absolute atomic E-state index is 0.0835. The number of unbranched alkanes of at least 4 members (excludes halogenated alkanes) is 1. The Hall–Kier alpha value is -1.59. The highest BCUT2D eigenvalue weighted by molar-refractivity contribution is 5.74. The molecule has 2 atom stereocenters. The van der Waals surface area contributed by atoms with E-state index in [4.69, 9.17) is 0 Å². The number of carbonyl (C=O) groups is 1. The van der Waals surface area contributed by atoms with Gasteiger partial charge in [-0.3, -0.25) is 0 Å². The molecule has 5 nitrogen and oxygen atoms in total. The fraction of sp³-hybridized carbons (Fsp3) is 0.650. The number of rotatable bonds is 8. The molecular formula is C20H33N3O2. The zero-order valence-corrected chi connectivity index (χ0v) is 15.6. The molecule has 2 unspecified atom stereocenters. The van der Waals surface area contributed by atoms with Gasteiger partial charge in [0.2, 0.25) is 0 Å². The van der Waals surface area contributed by atoms with Crippen molar-refractivity contribution in [3.63, 3.8) is 0 Å². The van der Waals surface area contributed by atoms with Crippen molar-refractivity contribution in [1.29, 1.82) is 0 Å². The summed E-state index contributed by atoms with van der Waals surface area (Å²) in [6.45, 7) is 7.44. The van der Waals surface area contributed by atoms with Crippen molar-refractivity contribution in [1.82, 2.24) is 15.5 Å². The fourth-order valence-corrected chi connectivity index (χ4v) is 3.34. The Bertz CT molecular complexity index is 501. The summed E-state index contributed by atoms with van der Waals surface area (Å²) in [4.78, 5) is 14.7. The summed E-state index contributed by atoms with van der Waals surface area (Å²) in [5.74, 6) is 0. The summed E-state index contributed by atoms with van der Waals surface area (Å²) >= 11 is 0. The Balaban J connectivity index is 1.66. The van der Waals surface area contributed by atoms with E-state index in [0.29, 0.717) is 6.42 Å². The van der Waals surface area contributed by atoms with Crippen molar-refractivity contribution in [2.45, 2.75) is 64.1 Å². The first kappa shape index (κ1) is 19.7. The number of hydrogen-bond donors (Lipinski definition) is 3. The zero-order chi connectivity index (χ0) is 18.1. The third kappa shape index (κ3) is 7.04. The van der Waals surface area contributed by atoms with Crippen LogP contribution in [0.5, 0.6) is 0 Å². The van der Waals surface area contributed by atoms with Crippen LogP contribution in [-0.4, -0.2) is 47.8 Å². The molecule has 1 aliphatic rings. The number of carbonyl (C=O) groups excluding carboxylic acids is 1. The second-order valence-corrected chi connectivity index (χ2v) is 7.15. The molecule has 1 saturated heterocycles. The van der Waals surface area contributed by atoms with E-state index in [2.05, 4.69) is 22.5 Å². The highest BCUT2D eigenvalue weighted by Crippen LogP contribution is 2.17. The Morgan fingerprint density at radius 2 is 1.96 bits per heavy atom. The topological polar surface area (TPSA) is 64.6 Å². The maximum atomic E-state index is 12.2. The number of amides is 2. The van der Waals surface area contributed by atoms with E-state index in [1.165, 1.54) is 19.4 Å². The van der Waals surface area contributed by atoms with Gasteiger partial charge in [0, 0.05) is 25.2 Å². The van der Waals surface area contributed by atoms with Crippen LogP contribution in [0.25, 0.3) is 0 Å². The molecule has 0 radical (unpaired) electrons. The molecule has 1 fully saturated rings. The number of likely N-dealkylation sites (tertiary alicyclic amines) is 1. The van der Waals surface area contributed by atoms with Crippen molar-refractivity contribution in [3.8, 4) is 0 Å². The molecule has 2 amide bonds. The monoisotopic (exact) mass is 347 g/mol. The first-order valence-corrected chi connectivity index (χ1v) is 9.61. The van der Waals surface area contributed by atoms with Gasteiger partial charge in [0.25, 0.3) is 0 Å². The SMILES string of the molecule is CCCCN1CCC(NC(=O)NC(C)CC(O)c2ccccc2)CC1. The molecule has 0 bridgehead atoms. The van der Waals surface area contributed by atoms with Crippen molar-refractivity contribution >= 4 is 6.03 Å². The average Bonchev–Trinajstić information content (AvgIpc) is 2.61. The van der Waals surface area contributed by atoms with Crippen LogP contribution in [0.4, 0.5) is 4.79 Å². The van der Waals surface area contributed by atoms with Crippen LogP contribution >= 0.6 is 0 Å². The lowest BCUT2D eigenvalue weighted by Gasteiger charge is -2.32. The van der Waals surface area contributed by atoms with Crippen LogP contribution < -0.4 is 10.6 Å². The molecule has 1 aromatic rings. The predicted octanol–water partition coefficient (Wildman–Crippen LogP) is 3.06. The molecule has 1 aliphatic heterocycles. The quantitative estimate of drug-likeness (QED) is 0.677. The average molecular weight is 348 g/mol. The summed E-state index contributed by atoms with van der Waals surface area (Å²) in [5, 5.41) is 16.3. The van der Waals surface area contributed by atoms with Crippen LogP contribution in [-0.2, 0) is 0 Å². The molecule has 140 valence electrons. The Kier molecular flexibility index (Phi) is 8.22. The lowest BCUT2D eigenvalue weighted by Crippen LogP contribution is -2.49. The van der Waals surface area contributed by atoms with E-state index in [1.54, 1.807) is 0 Å². The lowest BCUT2D eigenvalue weighted by atomic mass is 10.0. The first-order valence-electron chi connectivity index (χ1n) is 9.61. The van der Waals surface area contributed by atoms with Crippen LogP contribution in [0.15, 0.2) is 30.3 Å².